The molecule has 0 aliphatic carbocycles. The number of halogens is 2. The van der Waals surface area contributed by atoms with Gasteiger partial charge in [-0.2, -0.15) is 0 Å². The standard InChI is InChI=1S/C10H13Cl2N.3CO.Cr/c11-6-8-13(9-7-12)10-4-2-1-3-5-10;3*1-2;/h1-5H,6-9H2;;;;. The summed E-state index contributed by atoms with van der Waals surface area (Å²) in [6.45, 7) is 15.2. The molecular weight excluding hydrogens is 341 g/mol. The van der Waals surface area contributed by atoms with Crippen LogP contribution in [0.1, 0.15) is 0 Å². The van der Waals surface area contributed by atoms with Crippen molar-refractivity contribution in [3.63, 3.8) is 0 Å². The van der Waals surface area contributed by atoms with Crippen molar-refractivity contribution in [1.82, 2.24) is 0 Å². The van der Waals surface area contributed by atoms with E-state index in [1.165, 1.54) is 5.69 Å². The molecule has 0 spiro atoms. The number of nitrogens with zero attached hydrogens (tertiary/aromatic N) is 1. The summed E-state index contributed by atoms with van der Waals surface area (Å²) in [5, 5.41) is 0. The van der Waals surface area contributed by atoms with Crippen LogP contribution in [0.3, 0.4) is 0 Å². The fourth-order valence-corrected chi connectivity index (χ4v) is 1.62. The summed E-state index contributed by atoms with van der Waals surface area (Å²) in [6.07, 6.45) is 0. The second-order valence-corrected chi connectivity index (χ2v) is 3.46. The van der Waals surface area contributed by atoms with E-state index in [4.69, 9.17) is 37.2 Å². The molecule has 0 fully saturated rings. The summed E-state index contributed by atoms with van der Waals surface area (Å²) >= 11 is 11.4. The van der Waals surface area contributed by atoms with Gasteiger partial charge in [0.1, 0.15) is 0 Å². The molecular formula is C13H13Cl2CrNO3. The summed E-state index contributed by atoms with van der Waals surface area (Å²) in [5.41, 5.74) is 1.18. The van der Waals surface area contributed by atoms with Gasteiger partial charge >= 0.3 is 33.9 Å². The smallest absolute Gasteiger partial charge is 0 e. The third-order valence-corrected chi connectivity index (χ3v) is 2.17. The second kappa shape index (κ2) is 26.8. The van der Waals surface area contributed by atoms with Crippen molar-refractivity contribution in [2.24, 2.45) is 0 Å². The minimum absolute atomic E-state index is 0. The van der Waals surface area contributed by atoms with Crippen LogP contribution in [-0.2, 0) is 31.3 Å². The Balaban J connectivity index is -0.000000162. The first kappa shape index (κ1) is 27.7. The first-order valence-corrected chi connectivity index (χ1v) is 5.98. The average Bonchev–Trinajstić information content (AvgIpc) is 2.54. The van der Waals surface area contributed by atoms with Crippen LogP contribution in [0, 0.1) is 20.0 Å². The summed E-state index contributed by atoms with van der Waals surface area (Å²) in [5.74, 6) is 1.26. The number of anilines is 1. The van der Waals surface area contributed by atoms with Gasteiger partial charge in [0.05, 0.1) is 0 Å². The summed E-state index contributed by atoms with van der Waals surface area (Å²) in [7, 11) is 0. The van der Waals surface area contributed by atoms with Gasteiger partial charge < -0.3 is 4.90 Å². The molecule has 1 aromatic rings. The van der Waals surface area contributed by atoms with Gasteiger partial charge in [0.2, 0.25) is 0 Å². The quantitative estimate of drug-likeness (QED) is 0.456. The van der Waals surface area contributed by atoms with Gasteiger partial charge in [-0.05, 0) is 12.1 Å². The molecule has 108 valence electrons. The molecule has 0 heterocycles. The van der Waals surface area contributed by atoms with Crippen LogP contribution in [-0.4, -0.2) is 24.8 Å². The first-order chi connectivity index (χ1) is 9.38. The largest absolute Gasteiger partial charge is 0 e. The predicted octanol–water partition coefficient (Wildman–Crippen LogP) is 2.86. The van der Waals surface area contributed by atoms with E-state index < -0.39 is 0 Å². The summed E-state index contributed by atoms with van der Waals surface area (Å²) < 4.78 is 22.5. The van der Waals surface area contributed by atoms with Gasteiger partial charge in [0.15, 0.2) is 0 Å². The summed E-state index contributed by atoms with van der Waals surface area (Å²) in [4.78, 5) is 2.18. The average molecular weight is 354 g/mol. The van der Waals surface area contributed by atoms with Gasteiger partial charge in [0.25, 0.3) is 0 Å². The Morgan fingerprint density at radius 2 is 1.15 bits per heavy atom. The molecule has 0 saturated carbocycles. The van der Waals surface area contributed by atoms with Crippen LogP contribution in [0.4, 0.5) is 5.69 Å². The minimum atomic E-state index is 0. The zero-order valence-corrected chi connectivity index (χ0v) is 13.3. The van der Waals surface area contributed by atoms with Crippen molar-refractivity contribution in [2.45, 2.75) is 0 Å². The third kappa shape index (κ3) is 15.4. The van der Waals surface area contributed by atoms with E-state index in [2.05, 4.69) is 37.0 Å². The number of hydrogen-bond donors (Lipinski definition) is 0. The van der Waals surface area contributed by atoms with Gasteiger partial charge in [-0.1, -0.05) is 18.2 Å². The molecule has 0 bridgehead atoms. The molecule has 0 aliphatic rings. The van der Waals surface area contributed by atoms with E-state index in [1.54, 1.807) is 0 Å². The summed E-state index contributed by atoms with van der Waals surface area (Å²) in [6, 6.07) is 10.2. The van der Waals surface area contributed by atoms with E-state index in [0.717, 1.165) is 13.1 Å². The maximum absolute atomic E-state index is 7.50. The van der Waals surface area contributed by atoms with E-state index in [1.807, 2.05) is 18.2 Å². The van der Waals surface area contributed by atoms with Crippen molar-refractivity contribution < 1.29 is 31.3 Å². The Hall–Kier alpha value is -0.648. The molecule has 7 heteroatoms. The molecule has 0 unspecified atom stereocenters. The Labute approximate surface area is 140 Å². The molecule has 0 radical (unpaired) electrons. The van der Waals surface area contributed by atoms with Crippen molar-refractivity contribution in [3.05, 3.63) is 50.3 Å². The number of benzene rings is 1. The van der Waals surface area contributed by atoms with Gasteiger partial charge in [0, 0.05) is 47.9 Å². The van der Waals surface area contributed by atoms with Gasteiger partial charge in [-0.25, -0.2) is 0 Å². The molecule has 4 nitrogen and oxygen atoms in total. The fourth-order valence-electron chi connectivity index (χ4n) is 1.21. The number of alkyl halides is 2. The molecule has 0 aromatic heterocycles. The Bertz CT molecular complexity index is 324. The Kier molecular flexibility index (Phi) is 37.1. The predicted molar refractivity (Wildman–Crippen MR) is 71.9 cm³/mol. The molecule has 0 atom stereocenters. The third-order valence-electron chi connectivity index (χ3n) is 1.83. The minimum Gasteiger partial charge on any atom is 0 e. The van der Waals surface area contributed by atoms with Crippen LogP contribution >= 0.6 is 23.2 Å². The zero-order chi connectivity index (χ0) is 15.5. The SMILES string of the molecule is ClCCN(CCCl)c1ccccc1.[C-]#[O+].[C-]#[O+].[C-]#[O+].[Cr]. The Morgan fingerprint density at radius 3 is 1.45 bits per heavy atom. The maximum atomic E-state index is 7.50. The van der Waals surface area contributed by atoms with E-state index in [9.17, 15) is 0 Å². The molecule has 0 saturated heterocycles. The van der Waals surface area contributed by atoms with Crippen LogP contribution in [0.5, 0.6) is 0 Å². The van der Waals surface area contributed by atoms with E-state index in [-0.39, 0.29) is 17.4 Å². The number of rotatable bonds is 5. The topological polar surface area (TPSA) is 62.9 Å². The zero-order valence-electron chi connectivity index (χ0n) is 10.6. The van der Waals surface area contributed by atoms with Crippen molar-refractivity contribution in [2.75, 3.05) is 29.7 Å². The number of hydrogen-bond acceptors (Lipinski definition) is 1. The maximum Gasteiger partial charge on any atom is 0 e. The second-order valence-electron chi connectivity index (χ2n) is 2.70. The van der Waals surface area contributed by atoms with Crippen LogP contribution < -0.4 is 4.90 Å². The molecule has 1 rings (SSSR count). The number of para-hydroxylation sites is 1. The van der Waals surface area contributed by atoms with Crippen LogP contribution in [0.2, 0.25) is 0 Å². The van der Waals surface area contributed by atoms with Crippen molar-refractivity contribution >= 4 is 28.9 Å². The van der Waals surface area contributed by atoms with Gasteiger partial charge in [-0.3, -0.25) is 0 Å². The monoisotopic (exact) mass is 353 g/mol. The van der Waals surface area contributed by atoms with Crippen molar-refractivity contribution in [3.8, 4) is 0 Å². The normalized spacial score (nSPS) is 6.80. The molecule has 1 aromatic carbocycles. The molecule has 20 heavy (non-hydrogen) atoms. The van der Waals surface area contributed by atoms with Crippen molar-refractivity contribution in [1.29, 1.82) is 0 Å². The first-order valence-electron chi connectivity index (χ1n) is 4.91. The van der Waals surface area contributed by atoms with Crippen LogP contribution in [0.25, 0.3) is 0 Å². The van der Waals surface area contributed by atoms with E-state index >= 15 is 0 Å². The fraction of sp³-hybridized carbons (Fsp3) is 0.308. The molecule has 0 amide bonds. The van der Waals surface area contributed by atoms with E-state index in [0.29, 0.717) is 11.8 Å². The molecule has 0 aliphatic heterocycles. The van der Waals surface area contributed by atoms with Crippen LogP contribution in [0.15, 0.2) is 30.3 Å². The molecule has 0 N–H and O–H groups in total. The Morgan fingerprint density at radius 1 is 0.800 bits per heavy atom. The van der Waals surface area contributed by atoms with Gasteiger partial charge in [-0.15, -0.1) is 23.2 Å².